The predicted molar refractivity (Wildman–Crippen MR) is 48.7 cm³/mol. The molecule has 0 aliphatic rings. The van der Waals surface area contributed by atoms with Gasteiger partial charge in [-0.1, -0.05) is 11.3 Å². The van der Waals surface area contributed by atoms with Crippen LogP contribution in [-0.4, -0.2) is 31.5 Å². The maximum Gasteiger partial charge on any atom is 0.279 e. The van der Waals surface area contributed by atoms with Gasteiger partial charge in [-0.2, -0.15) is 15.4 Å². The monoisotopic (exact) mass is 211 g/mol. The van der Waals surface area contributed by atoms with E-state index in [0.717, 1.165) is 11.3 Å². The molecule has 0 saturated carbocycles. The van der Waals surface area contributed by atoms with Gasteiger partial charge in [-0.25, -0.2) is 0 Å². The SMILES string of the molecule is Nc1nnc(NC(=O)c2cn[nH]n2)s1. The highest BCUT2D eigenvalue weighted by molar-refractivity contribution is 7.19. The fourth-order valence-corrected chi connectivity index (χ4v) is 1.26. The fraction of sp³-hybridized carbons (Fsp3) is 0. The van der Waals surface area contributed by atoms with Crippen molar-refractivity contribution >= 4 is 27.5 Å². The van der Waals surface area contributed by atoms with Gasteiger partial charge in [0.05, 0.1) is 6.20 Å². The van der Waals surface area contributed by atoms with Gasteiger partial charge >= 0.3 is 0 Å². The molecule has 2 rings (SSSR count). The predicted octanol–water partition coefficient (Wildman–Crippen LogP) is -0.509. The van der Waals surface area contributed by atoms with Crippen LogP contribution >= 0.6 is 11.3 Å². The largest absolute Gasteiger partial charge is 0.374 e. The number of anilines is 2. The molecule has 0 bridgehead atoms. The van der Waals surface area contributed by atoms with E-state index < -0.39 is 5.91 Å². The van der Waals surface area contributed by atoms with Crippen LogP contribution in [0.25, 0.3) is 0 Å². The lowest BCUT2D eigenvalue weighted by molar-refractivity contribution is 0.102. The lowest BCUT2D eigenvalue weighted by atomic mass is 10.4. The molecule has 0 saturated heterocycles. The van der Waals surface area contributed by atoms with Crippen LogP contribution in [0.1, 0.15) is 10.5 Å². The van der Waals surface area contributed by atoms with Crippen molar-refractivity contribution in [2.24, 2.45) is 0 Å². The topological polar surface area (TPSA) is 122 Å². The van der Waals surface area contributed by atoms with Crippen molar-refractivity contribution in [3.05, 3.63) is 11.9 Å². The van der Waals surface area contributed by atoms with Crippen molar-refractivity contribution < 1.29 is 4.79 Å². The van der Waals surface area contributed by atoms with Crippen molar-refractivity contribution in [3.63, 3.8) is 0 Å². The summed E-state index contributed by atoms with van der Waals surface area (Å²) < 4.78 is 0. The normalized spacial score (nSPS) is 10.0. The summed E-state index contributed by atoms with van der Waals surface area (Å²) in [5.74, 6) is -0.407. The Morgan fingerprint density at radius 3 is 3.00 bits per heavy atom. The average molecular weight is 211 g/mol. The summed E-state index contributed by atoms with van der Waals surface area (Å²) in [5.41, 5.74) is 5.51. The molecule has 4 N–H and O–H groups in total. The molecule has 14 heavy (non-hydrogen) atoms. The zero-order chi connectivity index (χ0) is 9.97. The van der Waals surface area contributed by atoms with Crippen molar-refractivity contribution in [1.29, 1.82) is 0 Å². The molecule has 0 aliphatic carbocycles. The summed E-state index contributed by atoms with van der Waals surface area (Å²) in [7, 11) is 0. The van der Waals surface area contributed by atoms with Gasteiger partial charge in [0.2, 0.25) is 10.3 Å². The Balaban J connectivity index is 2.09. The molecule has 0 spiro atoms. The van der Waals surface area contributed by atoms with E-state index in [1.807, 2.05) is 0 Å². The van der Waals surface area contributed by atoms with Gasteiger partial charge in [0.15, 0.2) is 5.69 Å². The summed E-state index contributed by atoms with van der Waals surface area (Å²) in [5, 5.41) is 19.7. The number of H-pyrrole nitrogens is 1. The maximum absolute atomic E-state index is 11.3. The van der Waals surface area contributed by atoms with Crippen LogP contribution in [0.3, 0.4) is 0 Å². The van der Waals surface area contributed by atoms with E-state index in [4.69, 9.17) is 5.73 Å². The van der Waals surface area contributed by atoms with Crippen LogP contribution in [0.5, 0.6) is 0 Å². The van der Waals surface area contributed by atoms with Crippen molar-refractivity contribution in [2.75, 3.05) is 11.1 Å². The summed E-state index contributed by atoms with van der Waals surface area (Å²) >= 11 is 1.08. The Labute approximate surface area is 81.5 Å². The molecule has 72 valence electrons. The zero-order valence-corrected chi connectivity index (χ0v) is 7.58. The molecule has 0 fully saturated rings. The van der Waals surface area contributed by atoms with E-state index in [1.165, 1.54) is 6.20 Å². The molecule has 0 radical (unpaired) electrons. The smallest absolute Gasteiger partial charge is 0.279 e. The third-order valence-electron chi connectivity index (χ3n) is 1.31. The second kappa shape index (κ2) is 3.38. The molecule has 2 aromatic heterocycles. The minimum atomic E-state index is -0.407. The summed E-state index contributed by atoms with van der Waals surface area (Å²) in [6.45, 7) is 0. The van der Waals surface area contributed by atoms with E-state index >= 15 is 0 Å². The average Bonchev–Trinajstić information content (AvgIpc) is 2.75. The minimum absolute atomic E-state index is 0.179. The van der Waals surface area contributed by atoms with Crippen molar-refractivity contribution in [3.8, 4) is 0 Å². The van der Waals surface area contributed by atoms with Crippen LogP contribution in [0.4, 0.5) is 10.3 Å². The third-order valence-corrected chi connectivity index (χ3v) is 1.98. The van der Waals surface area contributed by atoms with Crippen LogP contribution in [0.15, 0.2) is 6.20 Å². The molecule has 0 atom stereocenters. The lowest BCUT2D eigenvalue weighted by Crippen LogP contribution is -2.12. The first-order valence-electron chi connectivity index (χ1n) is 3.52. The third kappa shape index (κ3) is 1.66. The zero-order valence-electron chi connectivity index (χ0n) is 6.76. The number of nitrogens with two attached hydrogens (primary N) is 1. The van der Waals surface area contributed by atoms with Gasteiger partial charge in [-0.3, -0.25) is 10.1 Å². The molecule has 8 nitrogen and oxygen atoms in total. The van der Waals surface area contributed by atoms with Crippen molar-refractivity contribution in [1.82, 2.24) is 25.6 Å². The fourth-order valence-electron chi connectivity index (χ4n) is 0.757. The van der Waals surface area contributed by atoms with Gasteiger partial charge < -0.3 is 5.73 Å². The maximum atomic E-state index is 11.3. The second-order valence-electron chi connectivity index (χ2n) is 2.25. The van der Waals surface area contributed by atoms with E-state index in [1.54, 1.807) is 0 Å². The highest BCUT2D eigenvalue weighted by Crippen LogP contribution is 2.16. The van der Waals surface area contributed by atoms with Gasteiger partial charge in [-0.15, -0.1) is 10.2 Å². The van der Waals surface area contributed by atoms with Gasteiger partial charge in [-0.05, 0) is 0 Å². The highest BCUT2D eigenvalue weighted by atomic mass is 32.1. The first-order valence-corrected chi connectivity index (χ1v) is 4.33. The quantitative estimate of drug-likeness (QED) is 0.614. The van der Waals surface area contributed by atoms with Crippen molar-refractivity contribution in [2.45, 2.75) is 0 Å². The minimum Gasteiger partial charge on any atom is -0.374 e. The highest BCUT2D eigenvalue weighted by Gasteiger charge is 2.11. The molecule has 2 heterocycles. The Hall–Kier alpha value is -2.03. The molecule has 0 unspecified atom stereocenters. The Kier molecular flexibility index (Phi) is 2.07. The van der Waals surface area contributed by atoms with Crippen LogP contribution < -0.4 is 11.1 Å². The van der Waals surface area contributed by atoms with E-state index in [-0.39, 0.29) is 5.69 Å². The van der Waals surface area contributed by atoms with Crippen LogP contribution in [0, 0.1) is 0 Å². The second-order valence-corrected chi connectivity index (χ2v) is 3.26. The van der Waals surface area contributed by atoms with Gasteiger partial charge in [0, 0.05) is 0 Å². The number of nitrogen functional groups attached to an aromatic ring is 1. The molecular weight excluding hydrogens is 206 g/mol. The van der Waals surface area contributed by atoms with E-state index in [9.17, 15) is 4.79 Å². The molecule has 1 amide bonds. The lowest BCUT2D eigenvalue weighted by Gasteiger charge is -1.94. The number of rotatable bonds is 2. The number of hydrogen-bond acceptors (Lipinski definition) is 7. The van der Waals surface area contributed by atoms with E-state index in [2.05, 4.69) is 30.9 Å². The first-order chi connectivity index (χ1) is 6.75. The first kappa shape index (κ1) is 8.56. The number of hydrogen-bond donors (Lipinski definition) is 3. The summed E-state index contributed by atoms with van der Waals surface area (Å²) in [4.78, 5) is 11.3. The number of aromatic nitrogens is 5. The molecule has 0 aliphatic heterocycles. The molecule has 0 aromatic carbocycles. The van der Waals surface area contributed by atoms with Crippen LogP contribution in [0.2, 0.25) is 0 Å². The Bertz CT molecular complexity index is 435. The molecular formula is C5H5N7OS. The Morgan fingerprint density at radius 2 is 2.43 bits per heavy atom. The number of aromatic amines is 1. The molecule has 2 aromatic rings. The van der Waals surface area contributed by atoms with Gasteiger partial charge in [0.25, 0.3) is 5.91 Å². The number of carbonyl (C=O) groups is 1. The number of carbonyl (C=O) groups excluding carboxylic acids is 1. The molecule has 9 heteroatoms. The Morgan fingerprint density at radius 1 is 1.57 bits per heavy atom. The summed E-state index contributed by atoms with van der Waals surface area (Å²) in [6.07, 6.45) is 1.31. The standard InChI is InChI=1S/C5H5N7OS/c6-4-10-11-5(14-4)8-3(13)2-1-7-12-9-2/h1H,(H2,6,10)(H,7,9,12)(H,8,11,13). The van der Waals surface area contributed by atoms with Crippen LogP contribution in [-0.2, 0) is 0 Å². The van der Waals surface area contributed by atoms with Gasteiger partial charge in [0.1, 0.15) is 0 Å². The number of nitrogens with zero attached hydrogens (tertiary/aromatic N) is 4. The number of nitrogens with one attached hydrogen (secondary N) is 2. The summed E-state index contributed by atoms with van der Waals surface area (Å²) in [6, 6.07) is 0. The van der Waals surface area contributed by atoms with E-state index in [0.29, 0.717) is 10.3 Å². The number of amides is 1.